The zero-order chi connectivity index (χ0) is 15.3. The number of carboxylic acids is 1. The molecule has 0 aliphatic rings. The van der Waals surface area contributed by atoms with E-state index >= 15 is 0 Å². The molecule has 8 heteroatoms. The molecule has 0 radical (unpaired) electrons. The van der Waals surface area contributed by atoms with E-state index in [9.17, 15) is 14.7 Å². The molecule has 1 rings (SSSR count). The number of hydrogen-bond acceptors (Lipinski definition) is 5. The van der Waals surface area contributed by atoms with Gasteiger partial charge in [-0.25, -0.2) is 4.79 Å². The Morgan fingerprint density at radius 2 is 1.81 bits per heavy atom. The predicted molar refractivity (Wildman–Crippen MR) is 71.4 cm³/mol. The first-order valence-electron chi connectivity index (χ1n) is 5.44. The van der Waals surface area contributed by atoms with E-state index in [2.05, 4.69) is 11.3 Å². The third-order valence-corrected chi connectivity index (χ3v) is 2.65. The molecular formula is C13H11Cl2NaO5. The summed E-state index contributed by atoms with van der Waals surface area (Å²) in [4.78, 5) is 22.3. The van der Waals surface area contributed by atoms with E-state index in [0.717, 1.165) is 0 Å². The van der Waals surface area contributed by atoms with Crippen molar-refractivity contribution in [3.8, 4) is 5.75 Å². The minimum Gasteiger partial charge on any atom is -0.546 e. The van der Waals surface area contributed by atoms with Crippen molar-refractivity contribution in [2.75, 3.05) is 0 Å². The number of rotatable bonds is 6. The molecule has 0 aliphatic heterocycles. The van der Waals surface area contributed by atoms with E-state index in [1.807, 2.05) is 0 Å². The van der Waals surface area contributed by atoms with Gasteiger partial charge < -0.3 is 19.4 Å². The van der Waals surface area contributed by atoms with Crippen LogP contribution in [0.5, 0.6) is 5.75 Å². The number of benzene rings is 1. The molecule has 1 aromatic carbocycles. The van der Waals surface area contributed by atoms with E-state index in [4.69, 9.17) is 27.9 Å². The number of esters is 1. The van der Waals surface area contributed by atoms with Gasteiger partial charge in [0.2, 0.25) is 0 Å². The minimum absolute atomic E-state index is 0. The third-order valence-electron chi connectivity index (χ3n) is 2.13. The van der Waals surface area contributed by atoms with E-state index in [0.29, 0.717) is 5.02 Å². The van der Waals surface area contributed by atoms with Crippen molar-refractivity contribution in [2.24, 2.45) is 0 Å². The number of hydrogen-bond donors (Lipinski definition) is 0. The van der Waals surface area contributed by atoms with Crippen molar-refractivity contribution in [1.82, 2.24) is 0 Å². The van der Waals surface area contributed by atoms with Crippen LogP contribution in [0.3, 0.4) is 0 Å². The molecule has 5 nitrogen and oxygen atoms in total. The molecule has 0 saturated heterocycles. The second-order valence-corrected chi connectivity index (χ2v) is 4.70. The smallest absolute Gasteiger partial charge is 0.546 e. The first-order chi connectivity index (χ1) is 9.31. The topological polar surface area (TPSA) is 75.7 Å². The van der Waals surface area contributed by atoms with Gasteiger partial charge in [0.15, 0.2) is 6.10 Å². The monoisotopic (exact) mass is 340 g/mol. The van der Waals surface area contributed by atoms with Crippen LogP contribution in [-0.2, 0) is 14.3 Å². The summed E-state index contributed by atoms with van der Waals surface area (Å²) in [5, 5.41) is 11.2. The van der Waals surface area contributed by atoms with E-state index in [1.165, 1.54) is 19.1 Å². The Morgan fingerprint density at radius 1 is 1.29 bits per heavy atom. The molecule has 0 N–H and O–H groups in total. The number of carbonyl (C=O) groups is 2. The Labute approximate surface area is 154 Å². The van der Waals surface area contributed by atoms with Crippen molar-refractivity contribution in [2.45, 2.75) is 18.6 Å². The van der Waals surface area contributed by atoms with Crippen LogP contribution in [-0.4, -0.2) is 23.6 Å². The zero-order valence-corrected chi connectivity index (χ0v) is 15.0. The average Bonchev–Trinajstić information content (AvgIpc) is 2.37. The molecule has 21 heavy (non-hydrogen) atoms. The molecule has 2 unspecified atom stereocenters. The molecule has 108 valence electrons. The molecule has 0 fully saturated rings. The molecule has 0 bridgehead atoms. The van der Waals surface area contributed by atoms with E-state index in [-0.39, 0.29) is 40.9 Å². The van der Waals surface area contributed by atoms with Crippen LogP contribution in [0.1, 0.15) is 6.92 Å². The molecule has 0 amide bonds. The largest absolute Gasteiger partial charge is 1.00 e. The van der Waals surface area contributed by atoms with Crippen molar-refractivity contribution in [3.05, 3.63) is 41.4 Å². The van der Waals surface area contributed by atoms with Crippen LogP contribution in [0.4, 0.5) is 0 Å². The van der Waals surface area contributed by atoms with Gasteiger partial charge in [0, 0.05) is 5.02 Å². The second-order valence-electron chi connectivity index (χ2n) is 3.87. The number of halogens is 2. The number of ether oxygens (including phenoxy) is 2. The summed E-state index contributed by atoms with van der Waals surface area (Å²) in [7, 11) is 0. The van der Waals surface area contributed by atoms with E-state index in [1.54, 1.807) is 12.1 Å². The molecule has 2 atom stereocenters. The van der Waals surface area contributed by atoms with Gasteiger partial charge >= 0.3 is 35.5 Å². The molecule has 0 saturated carbocycles. The van der Waals surface area contributed by atoms with Crippen LogP contribution in [0, 0.1) is 0 Å². The Balaban J connectivity index is 0.00000400. The quantitative estimate of drug-likeness (QED) is 0.273. The van der Waals surface area contributed by atoms with Gasteiger partial charge in [-0.15, -0.1) is 0 Å². The van der Waals surface area contributed by atoms with Crippen molar-refractivity contribution >= 4 is 35.1 Å². The summed E-state index contributed by atoms with van der Waals surface area (Å²) in [6.07, 6.45) is -1.57. The van der Waals surface area contributed by atoms with Crippen LogP contribution in [0.2, 0.25) is 5.02 Å². The first kappa shape index (κ1) is 20.3. The van der Waals surface area contributed by atoms with Crippen molar-refractivity contribution in [3.63, 3.8) is 0 Å². The first-order valence-corrected chi connectivity index (χ1v) is 6.25. The fourth-order valence-electron chi connectivity index (χ4n) is 1.20. The summed E-state index contributed by atoms with van der Waals surface area (Å²) in [6.45, 7) is 4.77. The summed E-state index contributed by atoms with van der Waals surface area (Å²) < 4.78 is 9.73. The fraction of sp³-hybridized carbons (Fsp3) is 0.231. The SMILES string of the molecule is C=C(C)C(OC(=O)C(Cl)Oc1ccc(Cl)cc1)C(=O)[O-].[Na+]. The van der Waals surface area contributed by atoms with Gasteiger partial charge in [-0.3, -0.25) is 0 Å². The summed E-state index contributed by atoms with van der Waals surface area (Å²) in [6, 6.07) is 6.09. The van der Waals surface area contributed by atoms with Crippen LogP contribution in [0.25, 0.3) is 0 Å². The Bertz CT molecular complexity index is 504. The Kier molecular flexibility index (Phi) is 9.01. The molecular weight excluding hydrogens is 330 g/mol. The van der Waals surface area contributed by atoms with Crippen molar-refractivity contribution < 1.29 is 53.7 Å². The summed E-state index contributed by atoms with van der Waals surface area (Å²) in [5.74, 6) is -2.35. The van der Waals surface area contributed by atoms with E-state index < -0.39 is 23.6 Å². The van der Waals surface area contributed by atoms with Gasteiger partial charge in [-0.1, -0.05) is 29.8 Å². The zero-order valence-electron chi connectivity index (χ0n) is 11.5. The Morgan fingerprint density at radius 3 is 2.24 bits per heavy atom. The number of aliphatic carboxylic acids is 1. The van der Waals surface area contributed by atoms with Crippen molar-refractivity contribution in [1.29, 1.82) is 0 Å². The average molecular weight is 341 g/mol. The van der Waals surface area contributed by atoms with Crippen LogP contribution in [0.15, 0.2) is 36.4 Å². The maximum Gasteiger partial charge on any atom is 1.00 e. The van der Waals surface area contributed by atoms with Gasteiger partial charge in [0.05, 0.1) is 5.97 Å². The molecule has 0 aromatic heterocycles. The number of carbonyl (C=O) groups excluding carboxylic acids is 2. The molecule has 1 aromatic rings. The van der Waals surface area contributed by atoms with Crippen LogP contribution >= 0.6 is 23.2 Å². The standard InChI is InChI=1S/C13H12Cl2O5.Na/c1-7(2)10(12(16)17)20-13(18)11(15)19-9-5-3-8(14)4-6-9;/h3-6,10-11H,1H2,2H3,(H,16,17);/q;+1/p-1. The maximum absolute atomic E-state index is 11.6. The van der Waals surface area contributed by atoms with Gasteiger partial charge in [-0.2, -0.15) is 0 Å². The fourth-order valence-corrected chi connectivity index (χ4v) is 1.48. The predicted octanol–water partition coefficient (Wildman–Crippen LogP) is -1.47. The minimum atomic E-state index is -1.58. The number of carboxylic acid groups (broad SMARTS) is 1. The van der Waals surface area contributed by atoms with Gasteiger partial charge in [-0.05, 0) is 36.8 Å². The van der Waals surface area contributed by atoms with Crippen LogP contribution < -0.4 is 39.4 Å². The molecule has 0 spiro atoms. The third kappa shape index (κ3) is 6.72. The Hall–Kier alpha value is -0.720. The number of alkyl halides is 1. The second kappa shape index (κ2) is 9.33. The van der Waals surface area contributed by atoms with Gasteiger partial charge in [0.1, 0.15) is 5.75 Å². The summed E-state index contributed by atoms with van der Waals surface area (Å²) in [5.41, 5.74) is -1.40. The molecule has 0 heterocycles. The maximum atomic E-state index is 11.6. The normalized spacial score (nSPS) is 12.5. The summed E-state index contributed by atoms with van der Waals surface area (Å²) >= 11 is 11.4. The molecule has 0 aliphatic carbocycles. The van der Waals surface area contributed by atoms with Gasteiger partial charge in [0.25, 0.3) is 5.56 Å².